The van der Waals surface area contributed by atoms with Crippen LogP contribution in [0.25, 0.3) is 16.9 Å². The Balaban J connectivity index is 1.96. The summed E-state index contributed by atoms with van der Waals surface area (Å²) >= 11 is 0. The molecule has 1 aliphatic rings. The Morgan fingerprint density at radius 2 is 2.05 bits per heavy atom. The van der Waals surface area contributed by atoms with Crippen LogP contribution in [-0.4, -0.2) is 21.1 Å². The molecule has 5 heteroatoms. The van der Waals surface area contributed by atoms with Gasteiger partial charge in [0.1, 0.15) is 23.3 Å². The highest BCUT2D eigenvalue weighted by atomic mass is 19.1. The number of fused-ring (bicyclic) bond motifs is 1. The first-order valence-electron chi connectivity index (χ1n) is 7.54. The lowest BCUT2D eigenvalue weighted by Gasteiger charge is -2.23. The van der Waals surface area contributed by atoms with E-state index in [0.717, 1.165) is 37.2 Å². The third-order valence-corrected chi connectivity index (χ3v) is 4.00. The Labute approximate surface area is 127 Å². The molecule has 1 atom stereocenters. The molecule has 0 radical (unpaired) electrons. The van der Waals surface area contributed by atoms with Crippen molar-refractivity contribution in [3.05, 3.63) is 54.2 Å². The number of rotatable bonds is 2. The van der Waals surface area contributed by atoms with Crippen molar-refractivity contribution in [3.63, 3.8) is 0 Å². The van der Waals surface area contributed by atoms with Gasteiger partial charge in [0.15, 0.2) is 5.65 Å². The van der Waals surface area contributed by atoms with Gasteiger partial charge in [-0.3, -0.25) is 4.57 Å². The number of para-hydroxylation sites is 1. The van der Waals surface area contributed by atoms with E-state index in [0.29, 0.717) is 11.3 Å². The van der Waals surface area contributed by atoms with Gasteiger partial charge >= 0.3 is 0 Å². The van der Waals surface area contributed by atoms with Crippen LogP contribution in [0.15, 0.2) is 42.6 Å². The SMILES string of the molecule is Fc1ccccc1-n1c(C2CCCCO2)nc2cccnc21. The molecule has 1 fully saturated rings. The van der Waals surface area contributed by atoms with Gasteiger partial charge in [0, 0.05) is 12.8 Å². The molecular formula is C17H16FN3O. The molecule has 112 valence electrons. The number of aromatic nitrogens is 3. The van der Waals surface area contributed by atoms with Crippen LogP contribution in [-0.2, 0) is 4.74 Å². The zero-order valence-electron chi connectivity index (χ0n) is 12.1. The molecule has 2 aromatic heterocycles. The number of nitrogens with zero attached hydrogens (tertiary/aromatic N) is 3. The molecule has 22 heavy (non-hydrogen) atoms. The normalized spacial score (nSPS) is 18.7. The number of benzene rings is 1. The molecule has 1 aromatic carbocycles. The van der Waals surface area contributed by atoms with E-state index < -0.39 is 0 Å². The molecule has 1 saturated heterocycles. The number of pyridine rings is 1. The Kier molecular flexibility index (Phi) is 3.35. The highest BCUT2D eigenvalue weighted by Gasteiger charge is 2.25. The molecule has 0 bridgehead atoms. The fourth-order valence-electron chi connectivity index (χ4n) is 2.96. The summed E-state index contributed by atoms with van der Waals surface area (Å²) in [4.78, 5) is 9.06. The van der Waals surface area contributed by atoms with Crippen LogP contribution in [0, 0.1) is 5.82 Å². The maximum absolute atomic E-state index is 14.3. The van der Waals surface area contributed by atoms with E-state index in [9.17, 15) is 4.39 Å². The van der Waals surface area contributed by atoms with Gasteiger partial charge in [-0.05, 0) is 43.5 Å². The second-order valence-electron chi connectivity index (χ2n) is 5.46. The average Bonchev–Trinajstić information content (AvgIpc) is 2.95. The standard InChI is InChI=1S/C17H16FN3O/c18-12-6-1-2-8-14(12)21-16-13(7-5-10-19-16)20-17(21)15-9-3-4-11-22-15/h1-2,5-8,10,15H,3-4,9,11H2. The van der Waals surface area contributed by atoms with Gasteiger partial charge in [0.2, 0.25) is 0 Å². The number of halogens is 1. The largest absolute Gasteiger partial charge is 0.370 e. The maximum Gasteiger partial charge on any atom is 0.164 e. The van der Waals surface area contributed by atoms with Crippen LogP contribution in [0.1, 0.15) is 31.2 Å². The Bertz CT molecular complexity index is 809. The van der Waals surface area contributed by atoms with Gasteiger partial charge in [-0.15, -0.1) is 0 Å². The Hall–Kier alpha value is -2.27. The van der Waals surface area contributed by atoms with E-state index in [1.54, 1.807) is 22.9 Å². The topological polar surface area (TPSA) is 39.9 Å². The smallest absolute Gasteiger partial charge is 0.164 e. The summed E-state index contributed by atoms with van der Waals surface area (Å²) in [6.07, 6.45) is 4.65. The van der Waals surface area contributed by atoms with Crippen molar-refractivity contribution < 1.29 is 9.13 Å². The molecule has 0 N–H and O–H groups in total. The Morgan fingerprint density at radius 1 is 1.14 bits per heavy atom. The predicted molar refractivity (Wildman–Crippen MR) is 81.4 cm³/mol. The molecule has 1 unspecified atom stereocenters. The van der Waals surface area contributed by atoms with Crippen LogP contribution in [0.4, 0.5) is 4.39 Å². The van der Waals surface area contributed by atoms with Crippen molar-refractivity contribution in [3.8, 4) is 5.69 Å². The number of ether oxygens (including phenoxy) is 1. The highest BCUT2D eigenvalue weighted by molar-refractivity contribution is 5.74. The third-order valence-electron chi connectivity index (χ3n) is 4.00. The van der Waals surface area contributed by atoms with Crippen molar-refractivity contribution in [2.75, 3.05) is 6.61 Å². The van der Waals surface area contributed by atoms with Gasteiger partial charge in [0.05, 0.1) is 5.69 Å². The maximum atomic E-state index is 14.3. The fourth-order valence-corrected chi connectivity index (χ4v) is 2.96. The molecule has 3 heterocycles. The summed E-state index contributed by atoms with van der Waals surface area (Å²) in [5.41, 5.74) is 1.89. The predicted octanol–water partition coefficient (Wildman–Crippen LogP) is 3.80. The first-order chi connectivity index (χ1) is 10.8. The van der Waals surface area contributed by atoms with Crippen molar-refractivity contribution in [2.45, 2.75) is 25.4 Å². The summed E-state index contributed by atoms with van der Waals surface area (Å²) in [6, 6.07) is 10.4. The second-order valence-corrected chi connectivity index (χ2v) is 5.46. The molecular weight excluding hydrogens is 281 g/mol. The molecule has 4 nitrogen and oxygen atoms in total. The quantitative estimate of drug-likeness (QED) is 0.722. The molecule has 0 spiro atoms. The summed E-state index contributed by atoms with van der Waals surface area (Å²) in [5, 5.41) is 0. The summed E-state index contributed by atoms with van der Waals surface area (Å²) in [6.45, 7) is 0.721. The van der Waals surface area contributed by atoms with Crippen LogP contribution in [0.3, 0.4) is 0 Å². The van der Waals surface area contributed by atoms with E-state index >= 15 is 0 Å². The van der Waals surface area contributed by atoms with E-state index in [1.165, 1.54) is 6.07 Å². The van der Waals surface area contributed by atoms with Gasteiger partial charge < -0.3 is 4.74 Å². The van der Waals surface area contributed by atoms with Crippen LogP contribution >= 0.6 is 0 Å². The van der Waals surface area contributed by atoms with E-state index in [2.05, 4.69) is 9.97 Å². The molecule has 0 amide bonds. The van der Waals surface area contributed by atoms with Crippen LogP contribution in [0.5, 0.6) is 0 Å². The third kappa shape index (κ3) is 2.18. The molecule has 4 rings (SSSR count). The summed E-state index contributed by atoms with van der Waals surface area (Å²) in [7, 11) is 0. The van der Waals surface area contributed by atoms with Crippen molar-refractivity contribution in [1.29, 1.82) is 0 Å². The molecule has 1 aliphatic heterocycles. The zero-order chi connectivity index (χ0) is 14.9. The van der Waals surface area contributed by atoms with Crippen LogP contribution < -0.4 is 0 Å². The Morgan fingerprint density at radius 3 is 2.86 bits per heavy atom. The molecule has 3 aromatic rings. The van der Waals surface area contributed by atoms with Gasteiger partial charge in [-0.2, -0.15) is 0 Å². The lowest BCUT2D eigenvalue weighted by molar-refractivity contribution is 0.00882. The minimum absolute atomic E-state index is 0.109. The first kappa shape index (κ1) is 13.4. The number of hydrogen-bond acceptors (Lipinski definition) is 3. The number of hydrogen-bond donors (Lipinski definition) is 0. The second kappa shape index (κ2) is 5.50. The van der Waals surface area contributed by atoms with E-state index in [4.69, 9.17) is 4.74 Å². The van der Waals surface area contributed by atoms with Crippen molar-refractivity contribution >= 4 is 11.2 Å². The van der Waals surface area contributed by atoms with E-state index in [1.807, 2.05) is 18.2 Å². The molecule has 0 aliphatic carbocycles. The highest BCUT2D eigenvalue weighted by Crippen LogP contribution is 2.32. The lowest BCUT2D eigenvalue weighted by atomic mass is 10.1. The average molecular weight is 297 g/mol. The number of imidazole rings is 1. The summed E-state index contributed by atoms with van der Waals surface area (Å²) in [5.74, 6) is 0.447. The van der Waals surface area contributed by atoms with Gasteiger partial charge in [-0.25, -0.2) is 14.4 Å². The van der Waals surface area contributed by atoms with Crippen molar-refractivity contribution in [2.24, 2.45) is 0 Å². The lowest BCUT2D eigenvalue weighted by Crippen LogP contribution is -2.16. The fraction of sp³-hybridized carbons (Fsp3) is 0.294. The minimum atomic E-state index is -0.287. The molecule has 0 saturated carbocycles. The van der Waals surface area contributed by atoms with Crippen molar-refractivity contribution in [1.82, 2.24) is 14.5 Å². The van der Waals surface area contributed by atoms with Crippen LogP contribution in [0.2, 0.25) is 0 Å². The van der Waals surface area contributed by atoms with E-state index in [-0.39, 0.29) is 11.9 Å². The summed E-state index contributed by atoms with van der Waals surface area (Å²) < 4.78 is 22.0. The minimum Gasteiger partial charge on any atom is -0.370 e. The van der Waals surface area contributed by atoms with Gasteiger partial charge in [-0.1, -0.05) is 12.1 Å². The monoisotopic (exact) mass is 297 g/mol. The van der Waals surface area contributed by atoms with Gasteiger partial charge in [0.25, 0.3) is 0 Å². The first-order valence-corrected chi connectivity index (χ1v) is 7.54. The zero-order valence-corrected chi connectivity index (χ0v) is 12.1.